The highest BCUT2D eigenvalue weighted by atomic mass is 35.5. The number of rotatable bonds is 5. The van der Waals surface area contributed by atoms with Gasteiger partial charge in [0.05, 0.1) is 16.2 Å². The number of aryl methyl sites for hydroxylation is 1. The van der Waals surface area contributed by atoms with Gasteiger partial charge in [-0.1, -0.05) is 29.8 Å². The molecule has 1 amide bonds. The Kier molecular flexibility index (Phi) is 7.51. The van der Waals surface area contributed by atoms with Gasteiger partial charge in [-0.15, -0.1) is 0 Å². The molecule has 0 atom stereocenters. The molecule has 2 aromatic carbocycles. The van der Waals surface area contributed by atoms with E-state index >= 15 is 0 Å². The summed E-state index contributed by atoms with van der Waals surface area (Å²) in [6.45, 7) is 5.56. The molecule has 7 nitrogen and oxygen atoms in total. The van der Waals surface area contributed by atoms with Crippen LogP contribution in [0.5, 0.6) is 0 Å². The number of piperidine rings is 1. The van der Waals surface area contributed by atoms with Crippen molar-refractivity contribution in [1.82, 2.24) is 14.2 Å². The second-order valence-corrected chi connectivity index (χ2v) is 12.0. The topological polar surface area (TPSA) is 73.8 Å². The second kappa shape index (κ2) is 10.8. The van der Waals surface area contributed by atoms with E-state index in [4.69, 9.17) is 16.6 Å². The van der Waals surface area contributed by atoms with Gasteiger partial charge in [0.25, 0.3) is 5.91 Å². The van der Waals surface area contributed by atoms with Gasteiger partial charge in [-0.3, -0.25) is 9.78 Å². The average Bonchev–Trinajstić information content (AvgIpc) is 2.93. The summed E-state index contributed by atoms with van der Waals surface area (Å²) in [5.74, 6) is 0.0348. The smallest absolute Gasteiger partial charge is 0.255 e. The molecule has 3 aromatic rings. The normalized spacial score (nSPS) is 17.7. The minimum Gasteiger partial charge on any atom is -0.368 e. The summed E-state index contributed by atoms with van der Waals surface area (Å²) in [6.07, 6.45) is 1.23. The zero-order valence-corrected chi connectivity index (χ0v) is 22.5. The summed E-state index contributed by atoms with van der Waals surface area (Å²) < 4.78 is 27.7. The van der Waals surface area contributed by atoms with Crippen LogP contribution in [-0.2, 0) is 10.0 Å². The molecule has 9 heteroatoms. The van der Waals surface area contributed by atoms with Crippen LogP contribution < -0.4 is 4.90 Å². The molecule has 2 fully saturated rings. The molecule has 37 heavy (non-hydrogen) atoms. The molecule has 0 bridgehead atoms. The number of amides is 1. The second-order valence-electron chi connectivity index (χ2n) is 9.63. The third kappa shape index (κ3) is 5.51. The van der Waals surface area contributed by atoms with Crippen molar-refractivity contribution in [3.05, 3.63) is 88.7 Å². The van der Waals surface area contributed by atoms with Crippen molar-refractivity contribution < 1.29 is 13.2 Å². The van der Waals surface area contributed by atoms with E-state index in [0.717, 1.165) is 24.5 Å². The Morgan fingerprint density at radius 1 is 0.865 bits per heavy atom. The molecule has 194 valence electrons. The maximum Gasteiger partial charge on any atom is 0.255 e. The molecule has 2 aliphatic rings. The van der Waals surface area contributed by atoms with Crippen LogP contribution in [0.15, 0.2) is 71.6 Å². The molecule has 0 aliphatic carbocycles. The fourth-order valence-electron chi connectivity index (χ4n) is 5.17. The van der Waals surface area contributed by atoms with E-state index < -0.39 is 10.0 Å². The summed E-state index contributed by atoms with van der Waals surface area (Å²) in [5.41, 5.74) is 3.46. The number of carbonyl (C=O) groups excluding carboxylic acids is 1. The van der Waals surface area contributed by atoms with E-state index in [-0.39, 0.29) is 16.7 Å². The lowest BCUT2D eigenvalue weighted by Crippen LogP contribution is -2.49. The number of halogens is 1. The number of carbonyl (C=O) groups is 1. The van der Waals surface area contributed by atoms with Crippen LogP contribution in [0.2, 0.25) is 5.02 Å². The van der Waals surface area contributed by atoms with Crippen molar-refractivity contribution in [3.8, 4) is 0 Å². The average molecular weight is 539 g/mol. The number of anilines is 1. The van der Waals surface area contributed by atoms with Gasteiger partial charge in [-0.05, 0) is 68.3 Å². The van der Waals surface area contributed by atoms with Crippen molar-refractivity contribution in [2.45, 2.75) is 30.6 Å². The van der Waals surface area contributed by atoms with Crippen LogP contribution in [-0.4, -0.2) is 67.8 Å². The van der Waals surface area contributed by atoms with Gasteiger partial charge in [0.1, 0.15) is 0 Å². The lowest BCUT2D eigenvalue weighted by molar-refractivity contribution is 0.0744. The van der Waals surface area contributed by atoms with E-state index in [0.29, 0.717) is 49.6 Å². The third-order valence-corrected chi connectivity index (χ3v) is 9.44. The largest absolute Gasteiger partial charge is 0.368 e. The highest BCUT2D eigenvalue weighted by Crippen LogP contribution is 2.33. The minimum atomic E-state index is -3.59. The van der Waals surface area contributed by atoms with Crippen LogP contribution in [0, 0.1) is 6.92 Å². The Morgan fingerprint density at radius 2 is 1.51 bits per heavy atom. The summed E-state index contributed by atoms with van der Waals surface area (Å²) >= 11 is 5.93. The monoisotopic (exact) mass is 538 g/mol. The number of nitrogens with zero attached hydrogens (tertiary/aromatic N) is 4. The molecule has 0 spiro atoms. The molecule has 2 saturated heterocycles. The molecule has 0 radical (unpaired) electrons. The summed E-state index contributed by atoms with van der Waals surface area (Å²) in [7, 11) is -3.59. The van der Waals surface area contributed by atoms with Crippen molar-refractivity contribution in [1.29, 1.82) is 0 Å². The van der Waals surface area contributed by atoms with Crippen LogP contribution in [0.25, 0.3) is 0 Å². The van der Waals surface area contributed by atoms with Crippen LogP contribution in [0.3, 0.4) is 0 Å². The molecule has 5 rings (SSSR count). The highest BCUT2D eigenvalue weighted by Gasteiger charge is 2.33. The molecule has 0 saturated carbocycles. The van der Waals surface area contributed by atoms with E-state index in [1.165, 1.54) is 9.99 Å². The number of hydrogen-bond acceptors (Lipinski definition) is 5. The summed E-state index contributed by atoms with van der Waals surface area (Å²) in [6, 6.07) is 20.3. The van der Waals surface area contributed by atoms with Crippen molar-refractivity contribution >= 4 is 33.2 Å². The number of pyridine rings is 1. The number of aromatic nitrogens is 1. The van der Waals surface area contributed by atoms with E-state index in [9.17, 15) is 13.2 Å². The Balaban J connectivity index is 1.28. The minimum absolute atomic E-state index is 0.00595. The van der Waals surface area contributed by atoms with Gasteiger partial charge in [0, 0.05) is 61.6 Å². The maximum atomic E-state index is 13.6. The van der Waals surface area contributed by atoms with Gasteiger partial charge in [0.15, 0.2) is 0 Å². The molecular formula is C28H31ClN4O3S. The van der Waals surface area contributed by atoms with Gasteiger partial charge in [-0.25, -0.2) is 8.42 Å². The Hall–Kier alpha value is -2.94. The van der Waals surface area contributed by atoms with E-state index in [1.807, 2.05) is 42.2 Å². The lowest BCUT2D eigenvalue weighted by atomic mass is 9.90. The Morgan fingerprint density at radius 3 is 2.16 bits per heavy atom. The molecular weight excluding hydrogens is 508 g/mol. The summed E-state index contributed by atoms with van der Waals surface area (Å²) in [5, 5.41) is 0.502. The standard InChI is InChI=1S/C28H31ClN4O3S/c1-21-7-12-26(28(34)32-19-17-31(18-20-32)24-5-3-2-4-6-24)27(30-21)22-13-15-33(16-14-22)37(35,36)25-10-8-23(29)9-11-25/h2-12,22H,13-20H2,1H3. The van der Waals surface area contributed by atoms with Crippen LogP contribution >= 0.6 is 11.6 Å². The van der Waals surface area contributed by atoms with E-state index in [1.54, 1.807) is 24.3 Å². The number of hydrogen-bond donors (Lipinski definition) is 0. The van der Waals surface area contributed by atoms with Crippen LogP contribution in [0.4, 0.5) is 5.69 Å². The van der Waals surface area contributed by atoms with Crippen LogP contribution in [0.1, 0.15) is 40.5 Å². The molecule has 0 N–H and O–H groups in total. The van der Waals surface area contributed by atoms with Gasteiger partial charge >= 0.3 is 0 Å². The zero-order valence-electron chi connectivity index (χ0n) is 20.9. The molecule has 0 unspecified atom stereocenters. The SMILES string of the molecule is Cc1ccc(C(=O)N2CCN(c3ccccc3)CC2)c(C2CCN(S(=O)(=O)c3ccc(Cl)cc3)CC2)n1. The first kappa shape index (κ1) is 25.7. The van der Waals surface area contributed by atoms with Crippen molar-refractivity contribution in [2.75, 3.05) is 44.2 Å². The fraction of sp³-hybridized carbons (Fsp3) is 0.357. The first-order valence-corrected chi connectivity index (χ1v) is 14.5. The van der Waals surface area contributed by atoms with E-state index in [2.05, 4.69) is 17.0 Å². The first-order chi connectivity index (χ1) is 17.8. The summed E-state index contributed by atoms with van der Waals surface area (Å²) in [4.78, 5) is 22.9. The van der Waals surface area contributed by atoms with Crippen molar-refractivity contribution in [2.24, 2.45) is 0 Å². The predicted molar refractivity (Wildman–Crippen MR) is 146 cm³/mol. The van der Waals surface area contributed by atoms with Crippen molar-refractivity contribution in [3.63, 3.8) is 0 Å². The first-order valence-electron chi connectivity index (χ1n) is 12.7. The third-order valence-electron chi connectivity index (χ3n) is 7.27. The number of benzene rings is 2. The Bertz CT molecular complexity index is 1350. The fourth-order valence-corrected chi connectivity index (χ4v) is 6.77. The van der Waals surface area contributed by atoms with Gasteiger partial charge in [0.2, 0.25) is 10.0 Å². The molecule has 1 aromatic heterocycles. The number of sulfonamides is 1. The number of para-hydroxylation sites is 1. The Labute approximate surface area is 223 Å². The quantitative estimate of drug-likeness (QED) is 0.475. The lowest BCUT2D eigenvalue weighted by Gasteiger charge is -2.37. The molecule has 2 aliphatic heterocycles. The van der Waals surface area contributed by atoms with Gasteiger partial charge in [-0.2, -0.15) is 4.31 Å². The molecule has 3 heterocycles. The van der Waals surface area contributed by atoms with Gasteiger partial charge < -0.3 is 9.80 Å². The zero-order chi connectivity index (χ0) is 26.0. The predicted octanol–water partition coefficient (Wildman–Crippen LogP) is 4.57. The number of piperazine rings is 1. The maximum absolute atomic E-state index is 13.6. The highest BCUT2D eigenvalue weighted by molar-refractivity contribution is 7.89.